The van der Waals surface area contributed by atoms with Crippen molar-refractivity contribution in [2.24, 2.45) is 5.84 Å². The average molecular weight is 263 g/mol. The van der Waals surface area contributed by atoms with E-state index >= 15 is 0 Å². The first-order chi connectivity index (χ1) is 7.61. The molecule has 0 saturated heterocycles. The van der Waals surface area contributed by atoms with E-state index in [2.05, 4.69) is 0 Å². The first kappa shape index (κ1) is 13.1. The molecular formula is C10H12Cl2N2O2. The second-order valence-corrected chi connectivity index (χ2v) is 4.00. The number of carbonyl (C=O) groups is 1. The highest BCUT2D eigenvalue weighted by atomic mass is 35.5. The smallest absolute Gasteiger partial charge is 0.234 e. The van der Waals surface area contributed by atoms with Gasteiger partial charge in [-0.3, -0.25) is 10.2 Å². The first-order valence-electron chi connectivity index (χ1n) is 4.70. The van der Waals surface area contributed by atoms with Gasteiger partial charge in [0, 0.05) is 16.5 Å². The minimum absolute atomic E-state index is 0.215. The second kappa shape index (κ2) is 6.58. The fraction of sp³-hybridized carbons (Fsp3) is 0.300. The van der Waals surface area contributed by atoms with Gasteiger partial charge >= 0.3 is 0 Å². The van der Waals surface area contributed by atoms with E-state index in [0.29, 0.717) is 35.2 Å². The maximum atomic E-state index is 10.8. The molecule has 16 heavy (non-hydrogen) atoms. The van der Waals surface area contributed by atoms with Crippen LogP contribution in [0.1, 0.15) is 12.8 Å². The summed E-state index contributed by atoms with van der Waals surface area (Å²) in [4.78, 5) is 10.8. The van der Waals surface area contributed by atoms with Crippen molar-refractivity contribution in [3.8, 4) is 5.75 Å². The molecule has 0 fully saturated rings. The Kier molecular flexibility index (Phi) is 5.38. The van der Waals surface area contributed by atoms with Crippen molar-refractivity contribution in [3.05, 3.63) is 28.2 Å². The molecule has 0 aliphatic heterocycles. The van der Waals surface area contributed by atoms with Crippen LogP contribution in [0.4, 0.5) is 0 Å². The third kappa shape index (κ3) is 4.70. The van der Waals surface area contributed by atoms with E-state index < -0.39 is 0 Å². The highest BCUT2D eigenvalue weighted by Crippen LogP contribution is 2.24. The normalized spacial score (nSPS) is 9.94. The highest BCUT2D eigenvalue weighted by Gasteiger charge is 2.01. The number of rotatable bonds is 5. The minimum atomic E-state index is -0.215. The molecule has 3 N–H and O–H groups in total. The van der Waals surface area contributed by atoms with Gasteiger partial charge in [0.05, 0.1) is 6.61 Å². The first-order valence-corrected chi connectivity index (χ1v) is 5.46. The molecule has 0 spiro atoms. The summed E-state index contributed by atoms with van der Waals surface area (Å²) in [7, 11) is 0. The van der Waals surface area contributed by atoms with Gasteiger partial charge in [-0.15, -0.1) is 0 Å². The lowest BCUT2D eigenvalue weighted by atomic mass is 10.3. The molecule has 0 unspecified atom stereocenters. The number of halogens is 2. The summed E-state index contributed by atoms with van der Waals surface area (Å²) in [6.07, 6.45) is 0.901. The third-order valence-corrected chi connectivity index (χ3v) is 2.25. The van der Waals surface area contributed by atoms with Gasteiger partial charge in [-0.25, -0.2) is 5.84 Å². The van der Waals surface area contributed by atoms with Crippen LogP contribution in [0, 0.1) is 0 Å². The molecule has 0 aliphatic rings. The number of amides is 1. The van der Waals surface area contributed by atoms with Crippen molar-refractivity contribution in [2.75, 3.05) is 6.61 Å². The van der Waals surface area contributed by atoms with Gasteiger partial charge in [0.2, 0.25) is 5.91 Å². The molecule has 0 heterocycles. The number of nitrogens with two attached hydrogens (primary N) is 1. The van der Waals surface area contributed by atoms with Crippen molar-refractivity contribution >= 4 is 29.1 Å². The quantitative estimate of drug-likeness (QED) is 0.370. The lowest BCUT2D eigenvalue weighted by Crippen LogP contribution is -2.29. The molecule has 0 bridgehead atoms. The van der Waals surface area contributed by atoms with E-state index in [4.69, 9.17) is 33.8 Å². The number of benzene rings is 1. The lowest BCUT2D eigenvalue weighted by Gasteiger charge is -2.06. The zero-order valence-electron chi connectivity index (χ0n) is 8.50. The number of carbonyl (C=O) groups excluding carboxylic acids is 1. The molecule has 4 nitrogen and oxygen atoms in total. The molecule has 6 heteroatoms. The minimum Gasteiger partial charge on any atom is -0.493 e. The van der Waals surface area contributed by atoms with Crippen LogP contribution in [-0.4, -0.2) is 12.5 Å². The van der Waals surface area contributed by atoms with Gasteiger partial charge in [-0.2, -0.15) is 0 Å². The Hall–Kier alpha value is -0.970. The number of hydrazine groups is 1. The molecule has 88 valence electrons. The Balaban J connectivity index is 2.34. The van der Waals surface area contributed by atoms with Gasteiger partial charge in [-0.05, 0) is 24.6 Å². The zero-order chi connectivity index (χ0) is 12.0. The molecule has 0 radical (unpaired) electrons. The standard InChI is InChI=1S/C10H12Cl2N2O2/c11-7-4-8(12)6-9(5-7)16-3-1-2-10(15)14-13/h4-6H,1-3,13H2,(H,14,15). The summed E-state index contributed by atoms with van der Waals surface area (Å²) in [6, 6.07) is 4.95. The van der Waals surface area contributed by atoms with Gasteiger partial charge in [0.15, 0.2) is 0 Å². The molecule has 0 atom stereocenters. The van der Waals surface area contributed by atoms with Crippen molar-refractivity contribution in [1.29, 1.82) is 0 Å². The van der Waals surface area contributed by atoms with Crippen LogP contribution in [0.2, 0.25) is 10.0 Å². The highest BCUT2D eigenvalue weighted by molar-refractivity contribution is 6.34. The van der Waals surface area contributed by atoms with Crippen molar-refractivity contribution < 1.29 is 9.53 Å². The molecule has 0 aromatic heterocycles. The van der Waals surface area contributed by atoms with E-state index in [1.54, 1.807) is 18.2 Å². The summed E-state index contributed by atoms with van der Waals surface area (Å²) < 4.78 is 5.37. The largest absolute Gasteiger partial charge is 0.493 e. The van der Waals surface area contributed by atoms with E-state index in [1.165, 1.54) is 0 Å². The molecule has 1 aromatic rings. The maximum Gasteiger partial charge on any atom is 0.234 e. The van der Waals surface area contributed by atoms with E-state index in [9.17, 15) is 4.79 Å². The maximum absolute atomic E-state index is 10.8. The van der Waals surface area contributed by atoms with Crippen LogP contribution < -0.4 is 16.0 Å². The SMILES string of the molecule is NNC(=O)CCCOc1cc(Cl)cc(Cl)c1. The van der Waals surface area contributed by atoms with E-state index in [1.807, 2.05) is 5.43 Å². The molecule has 1 aromatic carbocycles. The molecule has 0 aliphatic carbocycles. The summed E-state index contributed by atoms with van der Waals surface area (Å²) in [5.41, 5.74) is 2.05. The summed E-state index contributed by atoms with van der Waals surface area (Å²) >= 11 is 11.6. The predicted octanol–water partition coefficient (Wildman–Crippen LogP) is 2.14. The number of hydrogen-bond donors (Lipinski definition) is 2. The van der Waals surface area contributed by atoms with Gasteiger partial charge in [-0.1, -0.05) is 23.2 Å². The lowest BCUT2D eigenvalue weighted by molar-refractivity contribution is -0.121. The Labute approximate surface area is 104 Å². The Morgan fingerprint density at radius 2 is 1.94 bits per heavy atom. The summed E-state index contributed by atoms with van der Waals surface area (Å²) in [5, 5.41) is 1.03. The fourth-order valence-corrected chi connectivity index (χ4v) is 1.61. The van der Waals surface area contributed by atoms with Crippen LogP contribution in [0.25, 0.3) is 0 Å². The summed E-state index contributed by atoms with van der Waals surface area (Å²) in [5.74, 6) is 5.30. The Morgan fingerprint density at radius 3 is 2.50 bits per heavy atom. The van der Waals surface area contributed by atoms with Crippen molar-refractivity contribution in [2.45, 2.75) is 12.8 Å². The van der Waals surface area contributed by atoms with Gasteiger partial charge in [0.1, 0.15) is 5.75 Å². The molecule has 1 amide bonds. The average Bonchev–Trinajstić information content (AvgIpc) is 2.22. The van der Waals surface area contributed by atoms with Crippen molar-refractivity contribution in [3.63, 3.8) is 0 Å². The summed E-state index contributed by atoms with van der Waals surface area (Å²) in [6.45, 7) is 0.407. The second-order valence-electron chi connectivity index (χ2n) is 3.12. The predicted molar refractivity (Wildman–Crippen MR) is 63.5 cm³/mol. The monoisotopic (exact) mass is 262 g/mol. The van der Waals surface area contributed by atoms with Crippen LogP contribution in [0.15, 0.2) is 18.2 Å². The molecular weight excluding hydrogens is 251 g/mol. The molecule has 0 saturated carbocycles. The number of hydrogen-bond acceptors (Lipinski definition) is 3. The van der Waals surface area contributed by atoms with E-state index in [-0.39, 0.29) is 5.91 Å². The van der Waals surface area contributed by atoms with Crippen LogP contribution in [-0.2, 0) is 4.79 Å². The van der Waals surface area contributed by atoms with Gasteiger partial charge < -0.3 is 4.74 Å². The van der Waals surface area contributed by atoms with Gasteiger partial charge in [0.25, 0.3) is 0 Å². The van der Waals surface area contributed by atoms with Crippen molar-refractivity contribution in [1.82, 2.24) is 5.43 Å². The topological polar surface area (TPSA) is 64.3 Å². The van der Waals surface area contributed by atoms with Crippen LogP contribution >= 0.6 is 23.2 Å². The third-order valence-electron chi connectivity index (χ3n) is 1.81. The van der Waals surface area contributed by atoms with E-state index in [0.717, 1.165) is 0 Å². The molecule has 1 rings (SSSR count). The fourth-order valence-electron chi connectivity index (χ4n) is 1.11. The Bertz CT molecular complexity index is 352. The number of nitrogens with one attached hydrogen (secondary N) is 1. The van der Waals surface area contributed by atoms with Crippen LogP contribution in [0.3, 0.4) is 0 Å². The Morgan fingerprint density at radius 1 is 1.31 bits per heavy atom. The van der Waals surface area contributed by atoms with Crippen LogP contribution in [0.5, 0.6) is 5.75 Å². The number of ether oxygens (including phenoxy) is 1. The zero-order valence-corrected chi connectivity index (χ0v) is 10.0.